The number of imidazole rings is 1. The summed E-state index contributed by atoms with van der Waals surface area (Å²) < 4.78 is 9.78. The molecule has 5 aromatic rings. The van der Waals surface area contributed by atoms with Gasteiger partial charge in [-0.3, -0.25) is 9.20 Å². The smallest absolute Gasteiger partial charge is 0.273 e. The van der Waals surface area contributed by atoms with Gasteiger partial charge in [0.2, 0.25) is 0 Å². The van der Waals surface area contributed by atoms with Crippen molar-refractivity contribution in [3.05, 3.63) is 99.3 Å². The van der Waals surface area contributed by atoms with Gasteiger partial charge in [-0.25, -0.2) is 0 Å². The molecule has 5 nitrogen and oxygen atoms in total. The summed E-state index contributed by atoms with van der Waals surface area (Å²) in [5.74, 6) is 0.516. The summed E-state index contributed by atoms with van der Waals surface area (Å²) in [6.45, 7) is 5.08. The zero-order valence-corrected chi connectivity index (χ0v) is 23.7. The van der Waals surface area contributed by atoms with E-state index >= 15 is 0 Å². The Bertz CT molecular complexity index is 1750. The van der Waals surface area contributed by atoms with E-state index in [1.54, 1.807) is 7.11 Å². The molecule has 1 amide bonds. The minimum Gasteiger partial charge on any atom is -0.497 e. The number of rotatable bonds is 5. The quantitative estimate of drug-likeness (QED) is 0.235. The standard InChI is InChI=1S/C32H29Cl2N3O2/c1-19-10-11-22(15-20(19)2)29-25-9-4-5-14-36-28(21-12-13-26(33)27(34)16-21)18-37(32(25)36)30(29)31(38)35-23-7-6-8-24(17-23)39-3/h6-8,10-13,15-18H,4-5,9,14H2,1-3H3,(H,35,38). The molecule has 0 atom stereocenters. The molecule has 6 rings (SSSR count). The number of nitrogens with one attached hydrogen (secondary N) is 1. The highest BCUT2D eigenvalue weighted by atomic mass is 35.5. The van der Waals surface area contributed by atoms with Gasteiger partial charge in [0.05, 0.1) is 22.8 Å². The second-order valence-electron chi connectivity index (χ2n) is 10.1. The summed E-state index contributed by atoms with van der Waals surface area (Å²) in [5, 5.41) is 4.16. The minimum atomic E-state index is -0.170. The first kappa shape index (κ1) is 25.6. The van der Waals surface area contributed by atoms with Gasteiger partial charge in [-0.05, 0) is 74.1 Å². The van der Waals surface area contributed by atoms with Crippen molar-refractivity contribution >= 4 is 40.4 Å². The highest BCUT2D eigenvalue weighted by Gasteiger charge is 2.30. The van der Waals surface area contributed by atoms with E-state index in [0.29, 0.717) is 27.2 Å². The molecule has 0 bridgehead atoms. The Morgan fingerprint density at radius 1 is 0.923 bits per heavy atom. The van der Waals surface area contributed by atoms with Gasteiger partial charge in [0.1, 0.15) is 17.1 Å². The van der Waals surface area contributed by atoms with E-state index in [9.17, 15) is 4.79 Å². The number of halogens is 2. The predicted octanol–water partition coefficient (Wildman–Crippen LogP) is 8.60. The molecule has 3 aromatic carbocycles. The van der Waals surface area contributed by atoms with Crippen LogP contribution >= 0.6 is 23.2 Å². The first-order valence-electron chi connectivity index (χ1n) is 13.1. The molecular formula is C32H29Cl2N3O2. The van der Waals surface area contributed by atoms with E-state index in [-0.39, 0.29) is 5.91 Å². The number of carbonyl (C=O) groups excluding carboxylic acids is 1. The average molecular weight is 559 g/mol. The lowest BCUT2D eigenvalue weighted by Crippen LogP contribution is -2.15. The molecule has 2 aromatic heterocycles. The number of nitrogens with zero attached hydrogens (tertiary/aromatic N) is 2. The van der Waals surface area contributed by atoms with Crippen LogP contribution in [0.4, 0.5) is 5.69 Å². The fourth-order valence-corrected chi connectivity index (χ4v) is 5.89. The Hall–Kier alpha value is -3.67. The lowest BCUT2D eigenvalue weighted by Gasteiger charge is -2.12. The topological polar surface area (TPSA) is 47.7 Å². The van der Waals surface area contributed by atoms with Gasteiger partial charge in [0.15, 0.2) is 0 Å². The van der Waals surface area contributed by atoms with Crippen molar-refractivity contribution in [3.8, 4) is 28.1 Å². The number of ether oxygens (including phenoxy) is 1. The van der Waals surface area contributed by atoms with Crippen molar-refractivity contribution in [1.29, 1.82) is 0 Å². The Morgan fingerprint density at radius 3 is 2.51 bits per heavy atom. The molecule has 0 saturated heterocycles. The van der Waals surface area contributed by atoms with E-state index in [1.807, 2.05) is 42.5 Å². The number of amides is 1. The van der Waals surface area contributed by atoms with Gasteiger partial charge in [0.25, 0.3) is 5.91 Å². The van der Waals surface area contributed by atoms with Gasteiger partial charge < -0.3 is 14.6 Å². The molecule has 3 heterocycles. The SMILES string of the molecule is COc1cccc(NC(=O)c2c(-c3ccc(C)c(C)c3)c3c4n(c(-c5ccc(Cl)c(Cl)c5)cn24)CCCC3)c1. The summed E-state index contributed by atoms with van der Waals surface area (Å²) >= 11 is 12.7. The van der Waals surface area contributed by atoms with Gasteiger partial charge in [-0.2, -0.15) is 0 Å². The van der Waals surface area contributed by atoms with Crippen LogP contribution in [0.1, 0.15) is 40.0 Å². The molecule has 0 fully saturated rings. The van der Waals surface area contributed by atoms with Crippen LogP contribution < -0.4 is 10.1 Å². The molecule has 7 heteroatoms. The molecule has 1 aliphatic rings. The van der Waals surface area contributed by atoms with Crippen LogP contribution in [0.25, 0.3) is 28.0 Å². The molecule has 1 aliphatic heterocycles. The van der Waals surface area contributed by atoms with Gasteiger partial charge >= 0.3 is 0 Å². The molecule has 39 heavy (non-hydrogen) atoms. The van der Waals surface area contributed by atoms with Crippen molar-refractivity contribution in [2.75, 3.05) is 12.4 Å². The normalized spacial score (nSPS) is 12.9. The van der Waals surface area contributed by atoms with Crippen LogP contribution in [0, 0.1) is 13.8 Å². The van der Waals surface area contributed by atoms with E-state index in [4.69, 9.17) is 27.9 Å². The number of carbonyl (C=O) groups is 1. The predicted molar refractivity (Wildman–Crippen MR) is 160 cm³/mol. The number of benzene rings is 3. The molecule has 0 spiro atoms. The Labute approximate surface area is 237 Å². The van der Waals surface area contributed by atoms with Crippen LogP contribution in [-0.4, -0.2) is 22.0 Å². The Morgan fingerprint density at radius 2 is 1.74 bits per heavy atom. The third-order valence-electron chi connectivity index (χ3n) is 7.69. The average Bonchev–Trinajstić information content (AvgIpc) is 3.35. The maximum Gasteiger partial charge on any atom is 0.273 e. The molecule has 1 N–H and O–H groups in total. The molecule has 0 radical (unpaired) electrons. The van der Waals surface area contributed by atoms with Gasteiger partial charge in [0, 0.05) is 41.2 Å². The number of hydrogen-bond acceptors (Lipinski definition) is 2. The Kier molecular flexibility index (Phi) is 6.66. The highest BCUT2D eigenvalue weighted by molar-refractivity contribution is 6.42. The fraction of sp³-hybridized carbons (Fsp3) is 0.219. The number of aryl methyl sites for hydroxylation is 4. The zero-order chi connectivity index (χ0) is 27.3. The second kappa shape index (κ2) is 10.1. The number of hydrogen-bond donors (Lipinski definition) is 1. The second-order valence-corrected chi connectivity index (χ2v) is 10.9. The third-order valence-corrected chi connectivity index (χ3v) is 8.43. The van der Waals surface area contributed by atoms with Crippen molar-refractivity contribution in [2.45, 2.75) is 39.7 Å². The molecular weight excluding hydrogens is 529 g/mol. The summed E-state index contributed by atoms with van der Waals surface area (Å²) in [5.41, 5.74) is 9.98. The van der Waals surface area contributed by atoms with E-state index in [0.717, 1.165) is 53.8 Å². The maximum absolute atomic E-state index is 14.1. The van der Waals surface area contributed by atoms with E-state index in [2.05, 4.69) is 52.5 Å². The highest BCUT2D eigenvalue weighted by Crippen LogP contribution is 2.41. The molecule has 0 aliphatic carbocycles. The summed E-state index contributed by atoms with van der Waals surface area (Å²) in [6.07, 6.45) is 5.04. The first-order valence-corrected chi connectivity index (χ1v) is 13.9. The van der Waals surface area contributed by atoms with Crippen molar-refractivity contribution in [1.82, 2.24) is 8.97 Å². The van der Waals surface area contributed by atoms with Crippen molar-refractivity contribution in [2.24, 2.45) is 0 Å². The van der Waals surface area contributed by atoms with Crippen LogP contribution in [0.3, 0.4) is 0 Å². The Balaban J connectivity index is 1.61. The summed E-state index contributed by atoms with van der Waals surface area (Å²) in [4.78, 5) is 14.1. The maximum atomic E-state index is 14.1. The minimum absolute atomic E-state index is 0.170. The first-order chi connectivity index (χ1) is 18.9. The third kappa shape index (κ3) is 4.50. The lowest BCUT2D eigenvalue weighted by molar-refractivity contribution is 0.102. The van der Waals surface area contributed by atoms with Crippen LogP contribution in [0.15, 0.2) is 66.9 Å². The molecule has 198 valence electrons. The number of anilines is 1. The monoisotopic (exact) mass is 557 g/mol. The van der Waals surface area contributed by atoms with Gasteiger partial charge in [-0.1, -0.05) is 53.5 Å². The lowest BCUT2D eigenvalue weighted by atomic mass is 9.95. The van der Waals surface area contributed by atoms with Crippen molar-refractivity contribution < 1.29 is 9.53 Å². The van der Waals surface area contributed by atoms with Crippen LogP contribution in [0.5, 0.6) is 5.75 Å². The number of methoxy groups -OCH3 is 1. The van der Waals surface area contributed by atoms with Crippen molar-refractivity contribution in [3.63, 3.8) is 0 Å². The van der Waals surface area contributed by atoms with Gasteiger partial charge in [-0.15, -0.1) is 0 Å². The molecule has 0 saturated carbocycles. The summed E-state index contributed by atoms with van der Waals surface area (Å²) in [6, 6.07) is 19.6. The largest absolute Gasteiger partial charge is 0.497 e. The summed E-state index contributed by atoms with van der Waals surface area (Å²) in [7, 11) is 1.62. The van der Waals surface area contributed by atoms with E-state index in [1.165, 1.54) is 16.7 Å². The van der Waals surface area contributed by atoms with E-state index < -0.39 is 0 Å². The molecule has 0 unspecified atom stereocenters. The zero-order valence-electron chi connectivity index (χ0n) is 22.1. The fourth-order valence-electron chi connectivity index (χ4n) is 5.59. The van der Waals surface area contributed by atoms with Crippen LogP contribution in [0.2, 0.25) is 10.0 Å². The van der Waals surface area contributed by atoms with Crippen LogP contribution in [-0.2, 0) is 13.0 Å². The number of aromatic nitrogens is 2.